The Kier molecular flexibility index (Phi) is 2.61. The first-order valence-electron chi connectivity index (χ1n) is 4.68. The van der Waals surface area contributed by atoms with Crippen molar-refractivity contribution in [3.63, 3.8) is 0 Å². The number of rotatable bonds is 3. The normalized spacial score (nSPS) is 10.4. The molecule has 0 aromatic carbocycles. The molecule has 2 rings (SSSR count). The summed E-state index contributed by atoms with van der Waals surface area (Å²) < 4.78 is 0. The lowest BCUT2D eigenvalue weighted by molar-refractivity contribution is -0.136. The molecule has 0 saturated carbocycles. The molecule has 8 nitrogen and oxygen atoms in total. The zero-order valence-electron chi connectivity index (χ0n) is 8.60. The van der Waals surface area contributed by atoms with Crippen LogP contribution < -0.4 is 11.3 Å². The molecule has 2 aromatic rings. The molecule has 0 aliphatic rings. The van der Waals surface area contributed by atoms with Gasteiger partial charge in [0.05, 0.1) is 12.0 Å². The van der Waals surface area contributed by atoms with Gasteiger partial charge in [-0.15, -0.1) is 0 Å². The van der Waals surface area contributed by atoms with E-state index in [9.17, 15) is 9.59 Å². The zero-order chi connectivity index (χ0) is 12.4. The van der Waals surface area contributed by atoms with E-state index >= 15 is 0 Å². The van der Waals surface area contributed by atoms with Crippen LogP contribution in [0.1, 0.15) is 5.56 Å². The molecule has 0 aliphatic heterocycles. The minimum atomic E-state index is -1.14. The van der Waals surface area contributed by atoms with Gasteiger partial charge in [0.1, 0.15) is 5.82 Å². The van der Waals surface area contributed by atoms with Gasteiger partial charge in [0.2, 0.25) is 0 Å². The van der Waals surface area contributed by atoms with Gasteiger partial charge < -0.3 is 20.8 Å². The van der Waals surface area contributed by atoms with Crippen LogP contribution in [0.4, 0.5) is 5.82 Å². The minimum absolute atomic E-state index is 0.0622. The number of carbonyl (C=O) groups is 1. The van der Waals surface area contributed by atoms with Gasteiger partial charge in [0.15, 0.2) is 11.6 Å². The number of nitrogens with one attached hydrogen (secondary N) is 2. The van der Waals surface area contributed by atoms with Gasteiger partial charge in [-0.25, -0.2) is 9.97 Å². The Morgan fingerprint density at radius 3 is 2.76 bits per heavy atom. The fraction of sp³-hybridized carbons (Fsp3) is 0.111. The Labute approximate surface area is 94.5 Å². The number of nitrogens with zero attached hydrogens (tertiary/aromatic N) is 2. The van der Waals surface area contributed by atoms with E-state index in [1.165, 1.54) is 6.20 Å². The lowest BCUT2D eigenvalue weighted by Gasteiger charge is -2.03. The van der Waals surface area contributed by atoms with Gasteiger partial charge in [0, 0.05) is 12.4 Å². The number of anilines is 1. The van der Waals surface area contributed by atoms with Crippen molar-refractivity contribution in [3.05, 3.63) is 28.3 Å². The highest BCUT2D eigenvalue weighted by Crippen LogP contribution is 2.10. The molecule has 0 spiro atoms. The van der Waals surface area contributed by atoms with Crippen molar-refractivity contribution in [2.75, 3.05) is 5.73 Å². The van der Waals surface area contributed by atoms with Gasteiger partial charge in [-0.05, 0) is 0 Å². The summed E-state index contributed by atoms with van der Waals surface area (Å²) in [6, 6.07) is 0. The van der Waals surface area contributed by atoms with E-state index in [0.717, 1.165) is 0 Å². The number of aromatic amines is 2. The molecule has 0 radical (unpaired) electrons. The van der Waals surface area contributed by atoms with E-state index in [4.69, 9.17) is 10.8 Å². The maximum absolute atomic E-state index is 11.6. The van der Waals surface area contributed by atoms with Crippen LogP contribution in [0.15, 0.2) is 17.2 Å². The third-order valence-electron chi connectivity index (χ3n) is 2.10. The highest BCUT2D eigenvalue weighted by molar-refractivity contribution is 5.72. The van der Waals surface area contributed by atoms with Crippen LogP contribution in [-0.2, 0) is 11.2 Å². The second kappa shape index (κ2) is 4.08. The number of carboxylic acid groups (broad SMARTS) is 1. The van der Waals surface area contributed by atoms with Crippen LogP contribution in [0.25, 0.3) is 11.6 Å². The summed E-state index contributed by atoms with van der Waals surface area (Å²) in [5.74, 6) is -0.723. The molecule has 0 saturated heterocycles. The third kappa shape index (κ3) is 2.14. The average Bonchev–Trinajstić information content (AvgIpc) is 2.76. The Bertz CT molecular complexity index is 602. The maximum atomic E-state index is 11.6. The lowest BCUT2D eigenvalue weighted by atomic mass is 10.2. The molecule has 0 aliphatic carbocycles. The summed E-state index contributed by atoms with van der Waals surface area (Å²) in [7, 11) is 0. The number of hydrogen-bond acceptors (Lipinski definition) is 5. The molecular weight excluding hydrogens is 226 g/mol. The van der Waals surface area contributed by atoms with Gasteiger partial charge in [-0.2, -0.15) is 0 Å². The van der Waals surface area contributed by atoms with Gasteiger partial charge in [-0.3, -0.25) is 9.59 Å². The second-order valence-electron chi connectivity index (χ2n) is 3.29. The molecule has 2 aromatic heterocycles. The molecule has 0 bridgehead atoms. The Morgan fingerprint density at radius 2 is 2.24 bits per heavy atom. The predicted molar refractivity (Wildman–Crippen MR) is 58.2 cm³/mol. The monoisotopic (exact) mass is 235 g/mol. The molecule has 88 valence electrons. The molecule has 17 heavy (non-hydrogen) atoms. The first-order valence-corrected chi connectivity index (χ1v) is 4.68. The number of carboxylic acids is 1. The van der Waals surface area contributed by atoms with Crippen LogP contribution in [0.5, 0.6) is 0 Å². The average molecular weight is 235 g/mol. The van der Waals surface area contributed by atoms with E-state index < -0.39 is 17.9 Å². The summed E-state index contributed by atoms with van der Waals surface area (Å²) >= 11 is 0. The fourth-order valence-electron chi connectivity index (χ4n) is 1.34. The van der Waals surface area contributed by atoms with E-state index in [-0.39, 0.29) is 17.2 Å². The first kappa shape index (κ1) is 10.9. The molecular formula is C9H9N5O3. The molecule has 8 heteroatoms. The first-order chi connectivity index (χ1) is 8.08. The second-order valence-corrected chi connectivity index (χ2v) is 3.29. The third-order valence-corrected chi connectivity index (χ3v) is 2.10. The van der Waals surface area contributed by atoms with Crippen molar-refractivity contribution in [1.29, 1.82) is 0 Å². The minimum Gasteiger partial charge on any atom is -0.481 e. The molecule has 0 amide bonds. The van der Waals surface area contributed by atoms with Crippen LogP contribution >= 0.6 is 0 Å². The summed E-state index contributed by atoms with van der Waals surface area (Å²) in [6.07, 6.45) is 2.60. The van der Waals surface area contributed by atoms with E-state index in [2.05, 4.69) is 19.9 Å². The van der Waals surface area contributed by atoms with Crippen molar-refractivity contribution in [1.82, 2.24) is 19.9 Å². The molecule has 0 unspecified atom stereocenters. The van der Waals surface area contributed by atoms with E-state index in [1.54, 1.807) is 6.20 Å². The predicted octanol–water partition coefficient (Wildman–Crippen LogP) is -0.631. The number of aliphatic carboxylic acids is 1. The van der Waals surface area contributed by atoms with Crippen molar-refractivity contribution >= 4 is 11.8 Å². The number of nitrogens with two attached hydrogens (primary N) is 1. The Morgan fingerprint density at radius 1 is 1.47 bits per heavy atom. The topological polar surface area (TPSA) is 138 Å². The van der Waals surface area contributed by atoms with Gasteiger partial charge in [0.25, 0.3) is 5.56 Å². The molecule has 5 N–H and O–H groups in total. The standard InChI is InChI=1S/C9H9N5O3/c10-6-4(3-5(15)16)9(17)14-8(13-6)7-11-1-2-12-7/h1-2H,3H2,(H,11,12)(H,15,16)(H3,10,13,14,17). The van der Waals surface area contributed by atoms with Crippen molar-refractivity contribution < 1.29 is 9.90 Å². The smallest absolute Gasteiger partial charge is 0.308 e. The quantitative estimate of drug-likeness (QED) is 0.558. The summed E-state index contributed by atoms with van der Waals surface area (Å²) in [5, 5.41) is 8.61. The number of hydrogen-bond donors (Lipinski definition) is 4. The summed E-state index contributed by atoms with van der Waals surface area (Å²) in [6.45, 7) is 0. The molecule has 2 heterocycles. The number of imidazole rings is 1. The van der Waals surface area contributed by atoms with Gasteiger partial charge in [-0.1, -0.05) is 0 Å². The van der Waals surface area contributed by atoms with E-state index in [1.807, 2.05) is 0 Å². The van der Waals surface area contributed by atoms with Crippen molar-refractivity contribution in [2.24, 2.45) is 0 Å². The highest BCUT2D eigenvalue weighted by Gasteiger charge is 2.13. The SMILES string of the molecule is Nc1nc(-c2ncc[nH]2)[nH]c(=O)c1CC(=O)O. The Hall–Kier alpha value is -2.64. The highest BCUT2D eigenvalue weighted by atomic mass is 16.4. The van der Waals surface area contributed by atoms with Crippen LogP contribution in [-0.4, -0.2) is 31.0 Å². The van der Waals surface area contributed by atoms with Crippen LogP contribution in [0, 0.1) is 0 Å². The van der Waals surface area contributed by atoms with Crippen LogP contribution in [0.2, 0.25) is 0 Å². The zero-order valence-corrected chi connectivity index (χ0v) is 8.60. The number of H-pyrrole nitrogens is 2. The molecule has 0 atom stereocenters. The largest absolute Gasteiger partial charge is 0.481 e. The van der Waals surface area contributed by atoms with Crippen molar-refractivity contribution in [2.45, 2.75) is 6.42 Å². The summed E-state index contributed by atoms with van der Waals surface area (Å²) in [4.78, 5) is 35.1. The number of nitrogen functional groups attached to an aromatic ring is 1. The Balaban J connectivity index is 2.49. The van der Waals surface area contributed by atoms with Gasteiger partial charge >= 0.3 is 5.97 Å². The lowest BCUT2D eigenvalue weighted by Crippen LogP contribution is -2.21. The van der Waals surface area contributed by atoms with Crippen LogP contribution in [0.3, 0.4) is 0 Å². The fourth-order valence-corrected chi connectivity index (χ4v) is 1.34. The molecule has 0 fully saturated rings. The maximum Gasteiger partial charge on any atom is 0.308 e. The summed E-state index contributed by atoms with van der Waals surface area (Å²) in [5.41, 5.74) is 4.90. The van der Waals surface area contributed by atoms with E-state index in [0.29, 0.717) is 5.82 Å². The number of aromatic nitrogens is 4. The van der Waals surface area contributed by atoms with Crippen molar-refractivity contribution in [3.8, 4) is 11.6 Å².